The van der Waals surface area contributed by atoms with E-state index in [1.54, 1.807) is 6.20 Å². The fraction of sp³-hybridized carbons (Fsp3) is 0.350. The summed E-state index contributed by atoms with van der Waals surface area (Å²) in [6, 6.07) is 0.987. The van der Waals surface area contributed by atoms with E-state index in [1.807, 2.05) is 23.9 Å². The molecule has 0 saturated heterocycles. The van der Waals surface area contributed by atoms with Crippen molar-refractivity contribution in [2.75, 3.05) is 5.32 Å². The Kier molecular flexibility index (Phi) is 5.49. The van der Waals surface area contributed by atoms with Crippen molar-refractivity contribution in [3.8, 4) is 11.3 Å². The SMILES string of the molecule is CCn1ncc(-c2csc(NC(=O)Cn3nc(C)c4c(C(F)(F)F)cc(C)nc43)n2)c1C. The predicted molar refractivity (Wildman–Crippen MR) is 114 cm³/mol. The third-order valence-corrected chi connectivity index (χ3v) is 5.79. The minimum atomic E-state index is -4.55. The zero-order valence-corrected chi connectivity index (χ0v) is 18.6. The molecule has 4 heterocycles. The molecule has 1 amide bonds. The van der Waals surface area contributed by atoms with Gasteiger partial charge in [-0.25, -0.2) is 14.6 Å². The number of nitrogens with one attached hydrogen (secondary N) is 1. The van der Waals surface area contributed by atoms with Crippen LogP contribution in [0.4, 0.5) is 18.3 Å². The number of rotatable bonds is 5. The average molecular weight is 463 g/mol. The van der Waals surface area contributed by atoms with Gasteiger partial charge in [-0.3, -0.25) is 9.48 Å². The quantitative estimate of drug-likeness (QED) is 0.475. The second kappa shape index (κ2) is 8.01. The van der Waals surface area contributed by atoms with E-state index >= 15 is 0 Å². The predicted octanol–water partition coefficient (Wildman–Crippen LogP) is 4.35. The molecule has 0 aromatic carbocycles. The van der Waals surface area contributed by atoms with Crippen LogP contribution < -0.4 is 5.32 Å². The molecule has 1 N–H and O–H groups in total. The first-order valence-corrected chi connectivity index (χ1v) is 10.7. The smallest absolute Gasteiger partial charge is 0.300 e. The second-order valence-electron chi connectivity index (χ2n) is 7.30. The molecule has 0 spiro atoms. The number of carbonyl (C=O) groups is 1. The monoisotopic (exact) mass is 463 g/mol. The van der Waals surface area contributed by atoms with Gasteiger partial charge in [-0.2, -0.15) is 23.4 Å². The molecule has 4 rings (SSSR count). The largest absolute Gasteiger partial charge is 0.417 e. The van der Waals surface area contributed by atoms with Crippen molar-refractivity contribution in [3.63, 3.8) is 0 Å². The summed E-state index contributed by atoms with van der Waals surface area (Å²) in [5.41, 5.74) is 2.10. The maximum absolute atomic E-state index is 13.5. The molecular formula is C20H20F3N7OS. The zero-order valence-electron chi connectivity index (χ0n) is 17.8. The Labute approximate surface area is 185 Å². The number of fused-ring (bicyclic) bond motifs is 1. The maximum atomic E-state index is 13.5. The molecule has 4 aromatic heterocycles. The Balaban J connectivity index is 1.57. The Morgan fingerprint density at radius 3 is 2.59 bits per heavy atom. The van der Waals surface area contributed by atoms with Crippen molar-refractivity contribution in [2.45, 2.75) is 47.0 Å². The molecule has 0 radical (unpaired) electrons. The first-order valence-electron chi connectivity index (χ1n) is 9.78. The molecule has 8 nitrogen and oxygen atoms in total. The van der Waals surface area contributed by atoms with Gasteiger partial charge in [-0.1, -0.05) is 0 Å². The van der Waals surface area contributed by atoms with E-state index in [0.717, 1.165) is 23.9 Å². The number of thiazole rings is 1. The van der Waals surface area contributed by atoms with Crippen LogP contribution in [0, 0.1) is 20.8 Å². The van der Waals surface area contributed by atoms with Crippen LogP contribution in [0.15, 0.2) is 17.6 Å². The van der Waals surface area contributed by atoms with Crippen LogP contribution in [0.5, 0.6) is 0 Å². The van der Waals surface area contributed by atoms with E-state index in [1.165, 1.54) is 29.9 Å². The summed E-state index contributed by atoms with van der Waals surface area (Å²) >= 11 is 1.25. The molecule has 12 heteroatoms. The van der Waals surface area contributed by atoms with Gasteiger partial charge < -0.3 is 5.32 Å². The number of nitrogens with zero attached hydrogens (tertiary/aromatic N) is 6. The topological polar surface area (TPSA) is 90.5 Å². The fourth-order valence-corrected chi connectivity index (χ4v) is 4.31. The zero-order chi connectivity index (χ0) is 23.2. The lowest BCUT2D eigenvalue weighted by Crippen LogP contribution is -2.20. The fourth-order valence-electron chi connectivity index (χ4n) is 3.58. The van der Waals surface area contributed by atoms with E-state index in [9.17, 15) is 18.0 Å². The van der Waals surface area contributed by atoms with E-state index in [0.29, 0.717) is 10.8 Å². The summed E-state index contributed by atoms with van der Waals surface area (Å²) in [4.78, 5) is 21.2. The van der Waals surface area contributed by atoms with Gasteiger partial charge in [-0.05, 0) is 33.8 Å². The number of pyridine rings is 1. The third-order valence-electron chi connectivity index (χ3n) is 5.03. The average Bonchev–Trinajstić information content (AvgIpc) is 3.38. The summed E-state index contributed by atoms with van der Waals surface area (Å²) in [5.74, 6) is -0.465. The summed E-state index contributed by atoms with van der Waals surface area (Å²) in [7, 11) is 0. The van der Waals surface area contributed by atoms with Crippen molar-refractivity contribution >= 4 is 33.4 Å². The number of halogens is 3. The van der Waals surface area contributed by atoms with Crippen LogP contribution in [0.25, 0.3) is 22.3 Å². The van der Waals surface area contributed by atoms with Crippen LogP contribution in [-0.4, -0.2) is 35.4 Å². The molecular weight excluding hydrogens is 443 g/mol. The number of hydrogen-bond donors (Lipinski definition) is 1. The minimum absolute atomic E-state index is 0.0207. The van der Waals surface area contributed by atoms with Gasteiger partial charge in [0.25, 0.3) is 0 Å². The van der Waals surface area contributed by atoms with E-state index in [-0.39, 0.29) is 29.0 Å². The molecule has 0 saturated carbocycles. The number of hydrogen-bond acceptors (Lipinski definition) is 6. The molecule has 0 unspecified atom stereocenters. The summed E-state index contributed by atoms with van der Waals surface area (Å²) < 4.78 is 43.5. The number of aryl methyl sites for hydroxylation is 3. The highest BCUT2D eigenvalue weighted by Crippen LogP contribution is 2.36. The lowest BCUT2D eigenvalue weighted by Gasteiger charge is -2.10. The Bertz CT molecular complexity index is 1320. The van der Waals surface area contributed by atoms with E-state index < -0.39 is 17.6 Å². The number of anilines is 1. The second-order valence-corrected chi connectivity index (χ2v) is 8.15. The number of carbonyl (C=O) groups excluding carboxylic acids is 1. The van der Waals surface area contributed by atoms with Crippen LogP contribution >= 0.6 is 11.3 Å². The van der Waals surface area contributed by atoms with Crippen molar-refractivity contribution in [1.82, 2.24) is 29.5 Å². The summed E-state index contributed by atoms with van der Waals surface area (Å²) in [6.07, 6.45) is -2.82. The van der Waals surface area contributed by atoms with Gasteiger partial charge in [0.05, 0.1) is 28.5 Å². The van der Waals surface area contributed by atoms with E-state index in [4.69, 9.17) is 0 Å². The van der Waals surface area contributed by atoms with Gasteiger partial charge in [0, 0.05) is 28.9 Å². The number of alkyl halides is 3. The molecule has 4 aromatic rings. The Hall–Kier alpha value is -3.28. The van der Waals surface area contributed by atoms with Crippen molar-refractivity contribution in [3.05, 3.63) is 40.3 Å². The Morgan fingerprint density at radius 2 is 1.94 bits per heavy atom. The van der Waals surface area contributed by atoms with Crippen molar-refractivity contribution < 1.29 is 18.0 Å². The number of aromatic nitrogens is 6. The highest BCUT2D eigenvalue weighted by Gasteiger charge is 2.35. The van der Waals surface area contributed by atoms with Crippen LogP contribution in [0.1, 0.15) is 29.6 Å². The van der Waals surface area contributed by atoms with Crippen LogP contribution in [0.2, 0.25) is 0 Å². The highest BCUT2D eigenvalue weighted by molar-refractivity contribution is 7.14. The molecule has 32 heavy (non-hydrogen) atoms. The molecule has 0 aliphatic heterocycles. The van der Waals surface area contributed by atoms with E-state index in [2.05, 4.69) is 25.5 Å². The molecule has 0 aliphatic rings. The molecule has 0 fully saturated rings. The first-order chi connectivity index (χ1) is 15.1. The summed E-state index contributed by atoms with van der Waals surface area (Å²) in [5, 5.41) is 13.2. The third kappa shape index (κ3) is 3.97. The van der Waals surface area contributed by atoms with Gasteiger partial charge in [0.1, 0.15) is 6.54 Å². The van der Waals surface area contributed by atoms with Gasteiger partial charge in [0.2, 0.25) is 5.91 Å². The van der Waals surface area contributed by atoms with Gasteiger partial charge in [0.15, 0.2) is 10.8 Å². The lowest BCUT2D eigenvalue weighted by molar-refractivity contribution is -0.136. The normalized spacial score (nSPS) is 12.0. The lowest BCUT2D eigenvalue weighted by atomic mass is 10.1. The Morgan fingerprint density at radius 1 is 1.19 bits per heavy atom. The van der Waals surface area contributed by atoms with Gasteiger partial charge >= 0.3 is 6.18 Å². The standard InChI is InChI=1S/C20H20F3N7OS/c1-5-29-12(4)13(7-24-29)15-9-32-19(26-15)27-16(31)8-30-18-17(11(3)28-30)14(20(21,22)23)6-10(2)25-18/h6-7,9H,5,8H2,1-4H3,(H,26,27,31). The molecule has 0 atom stereocenters. The van der Waals surface area contributed by atoms with Crippen LogP contribution in [-0.2, 0) is 24.1 Å². The number of amides is 1. The summed E-state index contributed by atoms with van der Waals surface area (Å²) in [6.45, 7) is 7.32. The maximum Gasteiger partial charge on any atom is 0.417 e. The first kappa shape index (κ1) is 21.9. The van der Waals surface area contributed by atoms with Crippen LogP contribution in [0.3, 0.4) is 0 Å². The minimum Gasteiger partial charge on any atom is -0.300 e. The molecule has 0 bridgehead atoms. The van der Waals surface area contributed by atoms with Gasteiger partial charge in [-0.15, -0.1) is 11.3 Å². The molecule has 0 aliphatic carbocycles. The highest BCUT2D eigenvalue weighted by atomic mass is 32.1. The molecule has 168 valence electrons. The van der Waals surface area contributed by atoms with Crippen molar-refractivity contribution in [1.29, 1.82) is 0 Å². The van der Waals surface area contributed by atoms with Crippen molar-refractivity contribution in [2.24, 2.45) is 0 Å².